The minimum Gasteiger partial charge on any atom is -0.392 e. The van der Waals surface area contributed by atoms with Crippen LogP contribution in [0.4, 0.5) is 0 Å². The summed E-state index contributed by atoms with van der Waals surface area (Å²) in [7, 11) is 0. The second-order valence-corrected chi connectivity index (χ2v) is 4.68. The van der Waals surface area contributed by atoms with Crippen molar-refractivity contribution in [2.45, 2.75) is 33.2 Å². The lowest BCUT2D eigenvalue weighted by Gasteiger charge is -2.15. The van der Waals surface area contributed by atoms with E-state index >= 15 is 0 Å². The largest absolute Gasteiger partial charge is 0.392 e. The summed E-state index contributed by atoms with van der Waals surface area (Å²) in [6.07, 6.45) is 0.700. The van der Waals surface area contributed by atoms with Crippen LogP contribution < -0.4 is 11.1 Å². The Labute approximate surface area is 107 Å². The van der Waals surface area contributed by atoms with E-state index in [4.69, 9.17) is 18.0 Å². The van der Waals surface area contributed by atoms with Gasteiger partial charge in [-0.15, -0.1) is 0 Å². The van der Waals surface area contributed by atoms with Gasteiger partial charge in [0.2, 0.25) is 0 Å². The van der Waals surface area contributed by atoms with E-state index in [9.17, 15) is 4.79 Å². The van der Waals surface area contributed by atoms with Crippen LogP contribution in [0.3, 0.4) is 0 Å². The Morgan fingerprint density at radius 1 is 1.35 bits per heavy atom. The summed E-state index contributed by atoms with van der Waals surface area (Å²) in [5.41, 5.74) is 8.34. The Kier molecular flexibility index (Phi) is 4.63. The topological polar surface area (TPSA) is 55.1 Å². The average molecular weight is 250 g/mol. The van der Waals surface area contributed by atoms with Gasteiger partial charge in [-0.3, -0.25) is 4.79 Å². The van der Waals surface area contributed by atoms with E-state index in [0.29, 0.717) is 17.0 Å². The van der Waals surface area contributed by atoms with Crippen LogP contribution in [0.2, 0.25) is 0 Å². The molecule has 0 saturated heterocycles. The van der Waals surface area contributed by atoms with Gasteiger partial charge in [-0.1, -0.05) is 36.3 Å². The molecule has 0 radical (unpaired) electrons. The first-order chi connectivity index (χ1) is 7.93. The highest BCUT2D eigenvalue weighted by molar-refractivity contribution is 7.80. The van der Waals surface area contributed by atoms with E-state index in [1.165, 1.54) is 0 Å². The first kappa shape index (κ1) is 13.6. The summed E-state index contributed by atoms with van der Waals surface area (Å²) < 4.78 is 0. The molecule has 0 aliphatic heterocycles. The van der Waals surface area contributed by atoms with Crippen LogP contribution in [0.15, 0.2) is 18.2 Å². The number of rotatable bonds is 4. The Bertz CT molecular complexity index is 423. The van der Waals surface area contributed by atoms with Crippen molar-refractivity contribution < 1.29 is 4.79 Å². The number of aryl methyl sites for hydroxylation is 2. The van der Waals surface area contributed by atoms with Crippen molar-refractivity contribution in [3.63, 3.8) is 0 Å². The number of carbonyl (C=O) groups excluding carboxylic acids is 1. The van der Waals surface area contributed by atoms with Gasteiger partial charge in [0, 0.05) is 5.56 Å². The maximum atomic E-state index is 12.0. The molecule has 92 valence electrons. The molecule has 0 saturated carbocycles. The minimum atomic E-state index is -0.238. The van der Waals surface area contributed by atoms with Gasteiger partial charge in [0.1, 0.15) is 0 Å². The lowest BCUT2D eigenvalue weighted by molar-refractivity contribution is 0.0946. The third kappa shape index (κ3) is 3.82. The molecule has 0 heterocycles. The van der Waals surface area contributed by atoms with E-state index in [0.717, 1.165) is 11.1 Å². The molecule has 3 nitrogen and oxygen atoms in total. The molecule has 0 aliphatic rings. The normalized spacial score (nSPS) is 11.9. The van der Waals surface area contributed by atoms with E-state index in [-0.39, 0.29) is 11.9 Å². The fourth-order valence-electron chi connectivity index (χ4n) is 1.72. The summed E-state index contributed by atoms with van der Waals surface area (Å²) >= 11 is 4.90. The van der Waals surface area contributed by atoms with Crippen molar-refractivity contribution in [1.29, 1.82) is 0 Å². The number of hydrogen-bond acceptors (Lipinski definition) is 2. The van der Waals surface area contributed by atoms with Gasteiger partial charge in [0.15, 0.2) is 0 Å². The van der Waals surface area contributed by atoms with Crippen molar-refractivity contribution in [3.8, 4) is 0 Å². The fourth-order valence-corrected chi connectivity index (χ4v) is 1.95. The van der Waals surface area contributed by atoms with Crippen molar-refractivity contribution in [1.82, 2.24) is 5.32 Å². The summed E-state index contributed by atoms with van der Waals surface area (Å²) in [4.78, 5) is 12.3. The summed E-state index contributed by atoms with van der Waals surface area (Å²) in [6, 6.07) is 5.50. The number of nitrogens with two attached hydrogens (primary N) is 1. The summed E-state index contributed by atoms with van der Waals surface area (Å²) in [6.45, 7) is 5.87. The standard InChI is InChI=1S/C13H18N2OS/c1-4-11(12(14)17)15-13(16)10-6-8(2)5-9(3)7-10/h5-7,11H,4H2,1-3H3,(H2,14,17)(H,15,16). The first-order valence-corrected chi connectivity index (χ1v) is 6.03. The highest BCUT2D eigenvalue weighted by Gasteiger charge is 2.14. The lowest BCUT2D eigenvalue weighted by atomic mass is 10.1. The van der Waals surface area contributed by atoms with E-state index in [1.54, 1.807) is 0 Å². The Hall–Kier alpha value is -1.42. The van der Waals surface area contributed by atoms with Gasteiger partial charge < -0.3 is 11.1 Å². The monoisotopic (exact) mass is 250 g/mol. The molecule has 0 fully saturated rings. The molecule has 0 aromatic heterocycles. The van der Waals surface area contributed by atoms with Crippen molar-refractivity contribution >= 4 is 23.1 Å². The van der Waals surface area contributed by atoms with Crippen molar-refractivity contribution in [2.24, 2.45) is 5.73 Å². The molecule has 1 aromatic carbocycles. The third-order valence-corrected chi connectivity index (χ3v) is 2.83. The van der Waals surface area contributed by atoms with Crippen LogP contribution in [-0.2, 0) is 0 Å². The zero-order valence-electron chi connectivity index (χ0n) is 10.4. The number of benzene rings is 1. The molecule has 4 heteroatoms. The van der Waals surface area contributed by atoms with Gasteiger partial charge in [-0.05, 0) is 32.4 Å². The van der Waals surface area contributed by atoms with Crippen LogP contribution in [0, 0.1) is 13.8 Å². The van der Waals surface area contributed by atoms with Crippen LogP contribution in [0.1, 0.15) is 34.8 Å². The average Bonchev–Trinajstić information content (AvgIpc) is 2.23. The lowest BCUT2D eigenvalue weighted by Crippen LogP contribution is -2.43. The number of nitrogens with one attached hydrogen (secondary N) is 1. The van der Waals surface area contributed by atoms with Gasteiger partial charge in [0.25, 0.3) is 5.91 Å². The maximum Gasteiger partial charge on any atom is 0.251 e. The molecule has 3 N–H and O–H groups in total. The molecule has 17 heavy (non-hydrogen) atoms. The van der Waals surface area contributed by atoms with Gasteiger partial charge in [-0.25, -0.2) is 0 Å². The SMILES string of the molecule is CCC(NC(=O)c1cc(C)cc(C)c1)C(N)=S. The smallest absolute Gasteiger partial charge is 0.251 e. The zero-order chi connectivity index (χ0) is 13.0. The molecule has 1 amide bonds. The second kappa shape index (κ2) is 5.77. The highest BCUT2D eigenvalue weighted by atomic mass is 32.1. The number of amides is 1. The summed E-state index contributed by atoms with van der Waals surface area (Å²) in [5, 5.41) is 2.83. The Balaban J connectivity index is 2.86. The molecular weight excluding hydrogens is 232 g/mol. The molecular formula is C13H18N2OS. The summed E-state index contributed by atoms with van der Waals surface area (Å²) in [5.74, 6) is -0.128. The van der Waals surface area contributed by atoms with E-state index in [1.807, 2.05) is 39.0 Å². The number of carbonyl (C=O) groups is 1. The Morgan fingerprint density at radius 3 is 2.29 bits per heavy atom. The van der Waals surface area contributed by atoms with Gasteiger partial charge in [0.05, 0.1) is 11.0 Å². The maximum absolute atomic E-state index is 12.0. The molecule has 0 aliphatic carbocycles. The molecule has 1 unspecified atom stereocenters. The zero-order valence-corrected chi connectivity index (χ0v) is 11.2. The minimum absolute atomic E-state index is 0.128. The van der Waals surface area contributed by atoms with Crippen LogP contribution >= 0.6 is 12.2 Å². The second-order valence-electron chi connectivity index (χ2n) is 4.21. The van der Waals surface area contributed by atoms with Crippen LogP contribution in [0.5, 0.6) is 0 Å². The van der Waals surface area contributed by atoms with E-state index in [2.05, 4.69) is 5.32 Å². The van der Waals surface area contributed by atoms with Crippen LogP contribution in [-0.4, -0.2) is 16.9 Å². The molecule has 0 spiro atoms. The van der Waals surface area contributed by atoms with Gasteiger partial charge >= 0.3 is 0 Å². The van der Waals surface area contributed by atoms with Crippen molar-refractivity contribution in [3.05, 3.63) is 34.9 Å². The predicted molar refractivity (Wildman–Crippen MR) is 74.2 cm³/mol. The van der Waals surface area contributed by atoms with Crippen LogP contribution in [0.25, 0.3) is 0 Å². The highest BCUT2D eigenvalue weighted by Crippen LogP contribution is 2.09. The molecule has 0 bridgehead atoms. The third-order valence-electron chi connectivity index (χ3n) is 2.54. The number of hydrogen-bond donors (Lipinski definition) is 2. The van der Waals surface area contributed by atoms with Gasteiger partial charge in [-0.2, -0.15) is 0 Å². The molecule has 1 atom stereocenters. The van der Waals surface area contributed by atoms with Crippen molar-refractivity contribution in [2.75, 3.05) is 0 Å². The number of thiocarbonyl (C=S) groups is 1. The fraction of sp³-hybridized carbons (Fsp3) is 0.385. The van der Waals surface area contributed by atoms with E-state index < -0.39 is 0 Å². The predicted octanol–water partition coefficient (Wildman–Crippen LogP) is 2.10. The quantitative estimate of drug-likeness (QED) is 0.805. The molecule has 1 aromatic rings. The Morgan fingerprint density at radius 2 is 1.88 bits per heavy atom. The first-order valence-electron chi connectivity index (χ1n) is 5.62. The molecule has 1 rings (SSSR count).